The minimum absolute atomic E-state index is 0.131. The van der Waals surface area contributed by atoms with Gasteiger partial charge in [0, 0.05) is 12.5 Å². The van der Waals surface area contributed by atoms with Crippen molar-refractivity contribution in [2.45, 2.75) is 24.7 Å². The van der Waals surface area contributed by atoms with Crippen LogP contribution in [0.4, 0.5) is 5.69 Å². The van der Waals surface area contributed by atoms with E-state index in [0.717, 1.165) is 11.9 Å². The van der Waals surface area contributed by atoms with Crippen molar-refractivity contribution in [2.75, 3.05) is 12.0 Å². The molecule has 1 heterocycles. The predicted octanol–water partition coefficient (Wildman–Crippen LogP) is 1.98. The molecule has 6 heteroatoms. The molecule has 19 heavy (non-hydrogen) atoms. The quantitative estimate of drug-likeness (QED) is 0.871. The number of nitrogens with zero attached hydrogens (tertiary/aromatic N) is 2. The van der Waals surface area contributed by atoms with Crippen LogP contribution in [0.3, 0.4) is 0 Å². The topological polar surface area (TPSA) is 78.0 Å². The number of hydrogen-bond acceptors (Lipinski definition) is 4. The van der Waals surface area contributed by atoms with Gasteiger partial charge in [0.2, 0.25) is 0 Å². The summed E-state index contributed by atoms with van der Waals surface area (Å²) in [5.74, 6) is 0.306. The predicted molar refractivity (Wildman–Crippen MR) is 75.2 cm³/mol. The van der Waals surface area contributed by atoms with Gasteiger partial charge >= 0.3 is 0 Å². The highest BCUT2D eigenvalue weighted by molar-refractivity contribution is 7.90. The fraction of sp³-hybridized carbons (Fsp3) is 0.308. The maximum absolute atomic E-state index is 11.6. The number of anilines is 1. The fourth-order valence-electron chi connectivity index (χ4n) is 1.84. The van der Waals surface area contributed by atoms with E-state index in [0.29, 0.717) is 11.6 Å². The van der Waals surface area contributed by atoms with Crippen LogP contribution in [0.15, 0.2) is 35.4 Å². The zero-order valence-corrected chi connectivity index (χ0v) is 12.0. The minimum Gasteiger partial charge on any atom is -0.396 e. The second-order valence-electron chi connectivity index (χ2n) is 4.80. The van der Waals surface area contributed by atoms with Crippen LogP contribution in [0.5, 0.6) is 0 Å². The fourth-order valence-corrected chi connectivity index (χ4v) is 2.67. The Kier molecular flexibility index (Phi) is 3.36. The lowest BCUT2D eigenvalue weighted by atomic mass is 10.1. The molecular weight excluding hydrogens is 262 g/mol. The molecule has 0 aliphatic rings. The average Bonchev–Trinajstić information content (AvgIpc) is 2.77. The van der Waals surface area contributed by atoms with Crippen LogP contribution in [0.1, 0.15) is 25.5 Å². The van der Waals surface area contributed by atoms with E-state index in [4.69, 9.17) is 5.73 Å². The first kappa shape index (κ1) is 13.6. The van der Waals surface area contributed by atoms with E-state index >= 15 is 0 Å². The zero-order valence-electron chi connectivity index (χ0n) is 11.2. The van der Waals surface area contributed by atoms with Crippen molar-refractivity contribution in [3.05, 3.63) is 36.2 Å². The van der Waals surface area contributed by atoms with Crippen LogP contribution >= 0.6 is 0 Å². The number of aromatic nitrogens is 2. The number of benzene rings is 1. The normalized spacial score (nSPS) is 12.0. The Morgan fingerprint density at radius 1 is 1.26 bits per heavy atom. The van der Waals surface area contributed by atoms with Crippen LogP contribution in [0, 0.1) is 0 Å². The molecule has 2 rings (SSSR count). The van der Waals surface area contributed by atoms with Crippen LogP contribution < -0.4 is 5.73 Å². The van der Waals surface area contributed by atoms with Crippen molar-refractivity contribution < 1.29 is 8.42 Å². The lowest BCUT2D eigenvalue weighted by Gasteiger charge is -2.09. The SMILES string of the molecule is CC(C)c1ccn(-c2cccc(S(C)(=O)=O)c2N)n1. The summed E-state index contributed by atoms with van der Waals surface area (Å²) in [7, 11) is -3.34. The molecule has 2 aromatic rings. The van der Waals surface area contributed by atoms with E-state index in [2.05, 4.69) is 5.10 Å². The maximum atomic E-state index is 11.6. The molecule has 0 unspecified atom stereocenters. The van der Waals surface area contributed by atoms with E-state index in [1.54, 1.807) is 23.0 Å². The van der Waals surface area contributed by atoms with Crippen molar-refractivity contribution in [3.8, 4) is 5.69 Å². The van der Waals surface area contributed by atoms with Crippen molar-refractivity contribution in [1.29, 1.82) is 0 Å². The minimum atomic E-state index is -3.34. The standard InChI is InChI=1S/C13H17N3O2S/c1-9(2)10-7-8-16(15-10)11-5-4-6-12(13(11)14)19(3,17)18/h4-9H,14H2,1-3H3. The molecule has 5 nitrogen and oxygen atoms in total. The van der Waals surface area contributed by atoms with Gasteiger partial charge in [-0.25, -0.2) is 13.1 Å². The summed E-state index contributed by atoms with van der Waals surface area (Å²) in [6, 6.07) is 6.82. The van der Waals surface area contributed by atoms with E-state index in [1.807, 2.05) is 19.9 Å². The van der Waals surface area contributed by atoms with Crippen molar-refractivity contribution in [3.63, 3.8) is 0 Å². The molecule has 0 bridgehead atoms. The molecule has 102 valence electrons. The maximum Gasteiger partial charge on any atom is 0.177 e. The molecule has 1 aromatic heterocycles. The van der Waals surface area contributed by atoms with Gasteiger partial charge in [0.15, 0.2) is 9.84 Å². The number of nitrogen functional groups attached to an aromatic ring is 1. The molecule has 0 spiro atoms. The first-order valence-corrected chi connectivity index (χ1v) is 7.84. The summed E-state index contributed by atoms with van der Waals surface area (Å²) in [4.78, 5) is 0.131. The third-order valence-corrected chi connectivity index (χ3v) is 4.05. The summed E-state index contributed by atoms with van der Waals surface area (Å²) in [6.07, 6.45) is 2.93. The summed E-state index contributed by atoms with van der Waals surface area (Å²) >= 11 is 0. The highest BCUT2D eigenvalue weighted by Gasteiger charge is 2.15. The van der Waals surface area contributed by atoms with Gasteiger partial charge in [0.05, 0.1) is 22.0 Å². The Bertz CT molecular complexity index is 702. The molecule has 2 N–H and O–H groups in total. The van der Waals surface area contributed by atoms with Gasteiger partial charge in [-0.1, -0.05) is 19.9 Å². The number of nitrogens with two attached hydrogens (primary N) is 1. The van der Waals surface area contributed by atoms with E-state index in [1.165, 1.54) is 6.07 Å². The van der Waals surface area contributed by atoms with Gasteiger partial charge in [-0.15, -0.1) is 0 Å². The molecule has 0 saturated carbocycles. The van der Waals surface area contributed by atoms with Gasteiger partial charge in [-0.3, -0.25) is 0 Å². The Hall–Kier alpha value is -1.82. The van der Waals surface area contributed by atoms with Gasteiger partial charge in [0.25, 0.3) is 0 Å². The third-order valence-electron chi connectivity index (χ3n) is 2.89. The summed E-state index contributed by atoms with van der Waals surface area (Å²) < 4.78 is 24.9. The van der Waals surface area contributed by atoms with E-state index in [-0.39, 0.29) is 10.6 Å². The number of sulfone groups is 1. The van der Waals surface area contributed by atoms with Gasteiger partial charge in [-0.2, -0.15) is 5.10 Å². The van der Waals surface area contributed by atoms with Crippen LogP contribution in [-0.2, 0) is 9.84 Å². The molecular formula is C13H17N3O2S. The summed E-state index contributed by atoms with van der Waals surface area (Å²) in [5, 5.41) is 4.41. The molecule has 0 aliphatic heterocycles. The molecule has 1 aromatic carbocycles. The van der Waals surface area contributed by atoms with Gasteiger partial charge < -0.3 is 5.73 Å². The van der Waals surface area contributed by atoms with Gasteiger partial charge in [-0.05, 0) is 24.1 Å². The van der Waals surface area contributed by atoms with Crippen molar-refractivity contribution in [1.82, 2.24) is 9.78 Å². The zero-order chi connectivity index (χ0) is 14.2. The number of para-hydroxylation sites is 1. The highest BCUT2D eigenvalue weighted by atomic mass is 32.2. The van der Waals surface area contributed by atoms with Crippen molar-refractivity contribution in [2.24, 2.45) is 0 Å². The first-order valence-electron chi connectivity index (χ1n) is 5.95. The molecule has 0 saturated heterocycles. The first-order chi connectivity index (χ1) is 8.80. The van der Waals surface area contributed by atoms with Gasteiger partial charge in [0.1, 0.15) is 0 Å². The monoisotopic (exact) mass is 279 g/mol. The number of hydrogen-bond donors (Lipinski definition) is 1. The third kappa shape index (κ3) is 2.63. The van der Waals surface area contributed by atoms with E-state index in [9.17, 15) is 8.42 Å². The second kappa shape index (κ2) is 4.70. The van der Waals surface area contributed by atoms with E-state index < -0.39 is 9.84 Å². The Morgan fingerprint density at radius 2 is 1.95 bits per heavy atom. The second-order valence-corrected chi connectivity index (χ2v) is 6.79. The smallest absolute Gasteiger partial charge is 0.177 e. The molecule has 0 amide bonds. The van der Waals surface area contributed by atoms with Crippen LogP contribution in [0.2, 0.25) is 0 Å². The average molecular weight is 279 g/mol. The molecule has 0 aliphatic carbocycles. The molecule has 0 fully saturated rings. The Balaban J connectivity index is 2.57. The lowest BCUT2D eigenvalue weighted by molar-refractivity contribution is 0.602. The molecule has 0 radical (unpaired) electrons. The Labute approximate surface area is 113 Å². The Morgan fingerprint density at radius 3 is 2.47 bits per heavy atom. The van der Waals surface area contributed by atoms with Crippen LogP contribution in [0.25, 0.3) is 5.69 Å². The van der Waals surface area contributed by atoms with Crippen LogP contribution in [-0.4, -0.2) is 24.5 Å². The van der Waals surface area contributed by atoms with Crippen molar-refractivity contribution >= 4 is 15.5 Å². The molecule has 0 atom stereocenters. The summed E-state index contributed by atoms with van der Waals surface area (Å²) in [6.45, 7) is 4.09. The largest absolute Gasteiger partial charge is 0.396 e. The highest BCUT2D eigenvalue weighted by Crippen LogP contribution is 2.25. The number of rotatable bonds is 3. The summed E-state index contributed by atoms with van der Waals surface area (Å²) in [5.41, 5.74) is 7.69. The lowest BCUT2D eigenvalue weighted by Crippen LogP contribution is -2.07.